The molecule has 3 unspecified atom stereocenters. The summed E-state index contributed by atoms with van der Waals surface area (Å²) in [5.41, 5.74) is 1.12. The first kappa shape index (κ1) is 29.5. The lowest BCUT2D eigenvalue weighted by molar-refractivity contribution is -0.137. The normalized spacial score (nSPS) is 30.6. The van der Waals surface area contributed by atoms with Gasteiger partial charge in [0.05, 0.1) is 16.8 Å². The lowest BCUT2D eigenvalue weighted by Crippen LogP contribution is -2.58. The molecule has 0 amide bonds. The summed E-state index contributed by atoms with van der Waals surface area (Å²) in [5.74, 6) is -1.20. The summed E-state index contributed by atoms with van der Waals surface area (Å²) < 4.78 is 82.4. The molecule has 6 aliphatic rings. The van der Waals surface area contributed by atoms with Crippen molar-refractivity contribution >= 4 is 22.7 Å². The largest absolute Gasteiger partial charge is 0.461 e. The van der Waals surface area contributed by atoms with Crippen LogP contribution >= 0.6 is 0 Å². The van der Waals surface area contributed by atoms with Crippen LogP contribution in [-0.2, 0) is 12.7 Å². The third-order valence-electron chi connectivity index (χ3n) is 11.6. The molecule has 47 heavy (non-hydrogen) atoms. The van der Waals surface area contributed by atoms with E-state index in [2.05, 4.69) is 25.1 Å². The highest BCUT2D eigenvalue weighted by Gasteiger charge is 2.62. The van der Waals surface area contributed by atoms with Gasteiger partial charge in [0, 0.05) is 50.7 Å². The molecule has 8 heterocycles. The lowest BCUT2D eigenvalue weighted by Gasteiger charge is -2.41. The number of aryl methyl sites for hydroxylation is 2. The summed E-state index contributed by atoms with van der Waals surface area (Å²) in [7, 11) is 0. The second kappa shape index (κ2) is 9.74. The zero-order chi connectivity index (χ0) is 32.6. The molecule has 5 atom stereocenters. The van der Waals surface area contributed by atoms with Crippen LogP contribution in [-0.4, -0.2) is 80.5 Å². The van der Waals surface area contributed by atoms with Crippen LogP contribution < -0.4 is 26.2 Å². The first-order valence-corrected chi connectivity index (χ1v) is 16.4. The smallest absolute Gasteiger partial charge is 0.418 e. The van der Waals surface area contributed by atoms with Gasteiger partial charge in [0.1, 0.15) is 35.2 Å². The highest BCUT2D eigenvalue weighted by Crippen LogP contribution is 2.61. The predicted octanol–water partition coefficient (Wildman–Crippen LogP) is 3.96. The molecule has 3 aromatic rings. The fraction of sp³-hybridized carbons (Fsp3) is 0.625. The number of hydrogen-bond donors (Lipinski definition) is 2. The number of nitrogen functional groups attached to an aromatic ring is 1. The molecule has 1 spiro atoms. The molecular weight excluding hydrogens is 623 g/mol. The van der Waals surface area contributed by atoms with Crippen molar-refractivity contribution in [2.24, 2.45) is 5.41 Å². The monoisotopic (exact) mass is 658 g/mol. The van der Waals surface area contributed by atoms with Gasteiger partial charge in [0.15, 0.2) is 11.6 Å². The maximum atomic E-state index is 16.9. The Morgan fingerprint density at radius 1 is 1.15 bits per heavy atom. The van der Waals surface area contributed by atoms with E-state index >= 15 is 4.39 Å². The Morgan fingerprint density at radius 2 is 1.96 bits per heavy atom. The Morgan fingerprint density at radius 3 is 2.72 bits per heavy atom. The third-order valence-corrected chi connectivity index (χ3v) is 11.6. The summed E-state index contributed by atoms with van der Waals surface area (Å²) in [4.78, 5) is 31.5. The molecule has 15 heteroatoms. The molecule has 4 saturated heterocycles. The fourth-order valence-electron chi connectivity index (χ4n) is 9.47. The Labute approximate surface area is 266 Å². The van der Waals surface area contributed by atoms with Gasteiger partial charge in [-0.1, -0.05) is 0 Å². The molecule has 0 radical (unpaired) electrons. The molecular formula is C32H35F5N8O2. The van der Waals surface area contributed by atoms with Crippen molar-refractivity contribution in [3.05, 3.63) is 33.4 Å². The molecule has 3 aromatic heterocycles. The number of alkyl halides is 4. The van der Waals surface area contributed by atoms with Gasteiger partial charge in [0.2, 0.25) is 0 Å². The average molecular weight is 659 g/mol. The zero-order valence-electron chi connectivity index (χ0n) is 25.8. The number of rotatable bonds is 4. The minimum atomic E-state index is -4.94. The first-order valence-electron chi connectivity index (χ1n) is 16.4. The summed E-state index contributed by atoms with van der Waals surface area (Å²) in [6.07, 6.45) is -0.279. The second-order valence-electron chi connectivity index (χ2n) is 14.7. The Kier molecular flexibility index (Phi) is 6.12. The Hall–Kier alpha value is -3.59. The van der Waals surface area contributed by atoms with Crippen LogP contribution in [0.2, 0.25) is 0 Å². The zero-order valence-corrected chi connectivity index (χ0v) is 25.8. The summed E-state index contributed by atoms with van der Waals surface area (Å²) >= 11 is 0. The molecule has 10 nitrogen and oxygen atoms in total. The minimum absolute atomic E-state index is 0.0928. The number of nitrogens with zero attached hydrogens (tertiary/aromatic N) is 6. The number of anilines is 2. The predicted molar refractivity (Wildman–Crippen MR) is 162 cm³/mol. The molecule has 9 rings (SSSR count). The molecule has 2 bridgehead atoms. The minimum Gasteiger partial charge on any atom is -0.461 e. The van der Waals surface area contributed by atoms with Crippen LogP contribution in [0, 0.1) is 18.2 Å². The number of hydrogen-bond acceptors (Lipinski definition) is 9. The van der Waals surface area contributed by atoms with Crippen molar-refractivity contribution in [1.29, 1.82) is 0 Å². The van der Waals surface area contributed by atoms with E-state index in [1.165, 1.54) is 11.5 Å². The molecule has 5 fully saturated rings. The lowest BCUT2D eigenvalue weighted by atomic mass is 9.89. The second-order valence-corrected chi connectivity index (χ2v) is 14.7. The maximum absolute atomic E-state index is 16.9. The molecule has 1 saturated carbocycles. The first-order chi connectivity index (χ1) is 22.3. The van der Waals surface area contributed by atoms with Crippen LogP contribution in [0.15, 0.2) is 10.9 Å². The van der Waals surface area contributed by atoms with Gasteiger partial charge in [-0.25, -0.2) is 13.8 Å². The van der Waals surface area contributed by atoms with Crippen molar-refractivity contribution < 1.29 is 26.7 Å². The number of fused-ring (bicyclic) bond motifs is 6. The molecule has 1 aliphatic carbocycles. The Balaban J connectivity index is 1.23. The summed E-state index contributed by atoms with van der Waals surface area (Å²) in [6.45, 7) is 3.11. The van der Waals surface area contributed by atoms with E-state index in [-0.39, 0.29) is 65.1 Å². The summed E-state index contributed by atoms with van der Waals surface area (Å²) in [6, 6.07) is 1.07. The van der Waals surface area contributed by atoms with Crippen molar-refractivity contribution in [2.75, 3.05) is 36.9 Å². The number of nitrogens with two attached hydrogens (primary N) is 1. The van der Waals surface area contributed by atoms with E-state index in [9.17, 15) is 22.4 Å². The maximum Gasteiger partial charge on any atom is 0.418 e. The van der Waals surface area contributed by atoms with Crippen LogP contribution in [0.1, 0.15) is 56.1 Å². The quantitative estimate of drug-likeness (QED) is 0.403. The van der Waals surface area contributed by atoms with E-state index in [0.717, 1.165) is 44.7 Å². The van der Waals surface area contributed by atoms with Crippen LogP contribution in [0.4, 0.5) is 33.6 Å². The number of halogens is 5. The average Bonchev–Trinajstić information content (AvgIpc) is 3.45. The SMILES string of the molecule is Cc1cc(N)nc(-c2c(F)c3nc(OC[C@]45C[C@@H](F)CN4CC4(CC4)C5)nc4c3n(c2=O)CCC2C3CCC(CN42)N3)c1C(F)(F)F. The molecule has 3 N–H and O–H groups in total. The standard InChI is InChI=1S/C32H35F5N8O2/c1-15-8-20(38)40-24(22(15)32(35,36)37)21-23(34)25-26-27(45-11-17-2-3-18(39-17)19(45)4-7-44(26)28(21)46)42-29(41-25)47-14-31-9-16(33)10-43(31)13-30(12-31)5-6-30/h8,16-19,39H,2-7,9-14H2,1H3,(H2,38,40)/t16-,17?,18?,19?,31-/m1/s1. The van der Waals surface area contributed by atoms with E-state index < -0.39 is 46.1 Å². The van der Waals surface area contributed by atoms with Gasteiger partial charge >= 0.3 is 12.2 Å². The van der Waals surface area contributed by atoms with Crippen molar-refractivity contribution in [2.45, 2.75) is 94.4 Å². The van der Waals surface area contributed by atoms with E-state index in [4.69, 9.17) is 15.5 Å². The highest BCUT2D eigenvalue weighted by atomic mass is 19.4. The number of nitrogens with one attached hydrogen (secondary N) is 1. The number of ether oxygens (including phenoxy) is 1. The molecule has 5 aliphatic heterocycles. The number of pyridine rings is 2. The van der Waals surface area contributed by atoms with Crippen molar-refractivity contribution in [1.82, 2.24) is 29.7 Å². The number of aromatic nitrogens is 4. The van der Waals surface area contributed by atoms with E-state index in [0.29, 0.717) is 31.7 Å². The highest BCUT2D eigenvalue weighted by molar-refractivity contribution is 5.91. The van der Waals surface area contributed by atoms with Gasteiger partial charge in [-0.05, 0) is 62.5 Å². The van der Waals surface area contributed by atoms with Gasteiger partial charge in [-0.3, -0.25) is 9.69 Å². The van der Waals surface area contributed by atoms with Gasteiger partial charge < -0.3 is 25.3 Å². The van der Waals surface area contributed by atoms with Crippen molar-refractivity contribution in [3.8, 4) is 17.3 Å². The molecule has 250 valence electrons. The fourth-order valence-corrected chi connectivity index (χ4v) is 9.47. The topological polar surface area (TPSA) is 114 Å². The Bertz CT molecular complexity index is 1900. The van der Waals surface area contributed by atoms with Crippen molar-refractivity contribution in [3.63, 3.8) is 0 Å². The van der Waals surface area contributed by atoms with Crippen LogP contribution in [0.5, 0.6) is 6.01 Å². The third kappa shape index (κ3) is 4.40. The number of piperazine rings is 1. The van der Waals surface area contributed by atoms with E-state index in [1.807, 2.05) is 0 Å². The van der Waals surface area contributed by atoms with Crippen LogP contribution in [0.25, 0.3) is 22.3 Å². The van der Waals surface area contributed by atoms with Gasteiger partial charge in [0.25, 0.3) is 5.56 Å². The van der Waals surface area contributed by atoms with Crippen LogP contribution in [0.3, 0.4) is 0 Å². The summed E-state index contributed by atoms with van der Waals surface area (Å²) in [5, 5.41) is 3.63. The van der Waals surface area contributed by atoms with E-state index in [1.54, 1.807) is 0 Å². The molecule has 0 aromatic carbocycles. The van der Waals surface area contributed by atoms with Gasteiger partial charge in [-0.15, -0.1) is 0 Å². The van der Waals surface area contributed by atoms with Gasteiger partial charge in [-0.2, -0.15) is 23.1 Å².